The van der Waals surface area contributed by atoms with Crippen molar-refractivity contribution in [2.24, 2.45) is 22.7 Å². The molecule has 0 amide bonds. The molecule has 4 atom stereocenters. The van der Waals surface area contributed by atoms with E-state index in [-0.39, 0.29) is 0 Å². The first kappa shape index (κ1) is 21.6. The predicted octanol–water partition coefficient (Wildman–Crippen LogP) is 6.20. The van der Waals surface area contributed by atoms with Gasteiger partial charge in [-0.1, -0.05) is 34.6 Å². The zero-order valence-corrected chi connectivity index (χ0v) is 20.2. The van der Waals surface area contributed by atoms with Crippen LogP contribution in [0.4, 0.5) is 0 Å². The molecule has 0 aromatic heterocycles. The molecule has 4 unspecified atom stereocenters. The highest BCUT2D eigenvalue weighted by atomic mass is 15.3. The molecule has 27 heavy (non-hydrogen) atoms. The van der Waals surface area contributed by atoms with Gasteiger partial charge in [0, 0.05) is 29.7 Å². The Labute approximate surface area is 170 Å². The van der Waals surface area contributed by atoms with E-state index < -0.39 is 0 Å². The van der Waals surface area contributed by atoms with E-state index in [1.54, 1.807) is 0 Å². The van der Waals surface area contributed by atoms with Gasteiger partial charge in [-0.15, -0.1) is 0 Å². The van der Waals surface area contributed by atoms with Crippen molar-refractivity contribution in [3.63, 3.8) is 0 Å². The maximum absolute atomic E-state index is 2.86. The molecule has 0 aromatic carbocycles. The van der Waals surface area contributed by atoms with Crippen molar-refractivity contribution in [3.05, 3.63) is 0 Å². The van der Waals surface area contributed by atoms with Gasteiger partial charge in [-0.3, -0.25) is 9.80 Å². The van der Waals surface area contributed by atoms with Crippen LogP contribution in [0.5, 0.6) is 0 Å². The molecule has 0 radical (unpaired) electrons. The van der Waals surface area contributed by atoms with Crippen molar-refractivity contribution in [1.82, 2.24) is 9.80 Å². The van der Waals surface area contributed by atoms with E-state index in [1.165, 1.54) is 45.2 Å². The van der Waals surface area contributed by atoms with Crippen LogP contribution in [-0.2, 0) is 0 Å². The van der Waals surface area contributed by atoms with Gasteiger partial charge in [0.2, 0.25) is 0 Å². The number of hydrogen-bond donors (Lipinski definition) is 0. The first-order valence-corrected chi connectivity index (χ1v) is 11.7. The summed E-state index contributed by atoms with van der Waals surface area (Å²) in [6.07, 6.45) is 6.90. The minimum Gasteiger partial charge on any atom is -0.295 e. The number of piperidine rings is 1. The fourth-order valence-electron chi connectivity index (χ4n) is 6.47. The summed E-state index contributed by atoms with van der Waals surface area (Å²) in [5.74, 6) is 1.96. The second kappa shape index (κ2) is 6.73. The van der Waals surface area contributed by atoms with Crippen LogP contribution < -0.4 is 0 Å². The molecular formula is C25H48N2. The van der Waals surface area contributed by atoms with Crippen LogP contribution in [0.15, 0.2) is 0 Å². The number of nitrogens with zero attached hydrogens (tertiary/aromatic N) is 2. The lowest BCUT2D eigenvalue weighted by atomic mass is 9.73. The highest BCUT2D eigenvalue weighted by Gasteiger charge is 2.59. The van der Waals surface area contributed by atoms with Gasteiger partial charge in [-0.05, 0) is 95.9 Å². The predicted molar refractivity (Wildman–Crippen MR) is 118 cm³/mol. The van der Waals surface area contributed by atoms with Crippen LogP contribution in [0.1, 0.15) is 101 Å². The van der Waals surface area contributed by atoms with Crippen molar-refractivity contribution in [1.29, 1.82) is 0 Å². The lowest BCUT2D eigenvalue weighted by molar-refractivity contribution is 0.00215. The molecule has 0 N–H and O–H groups in total. The van der Waals surface area contributed by atoms with Crippen molar-refractivity contribution < 1.29 is 0 Å². The van der Waals surface area contributed by atoms with E-state index in [9.17, 15) is 0 Å². The Bertz CT molecular complexity index is 534. The second-order valence-electron chi connectivity index (χ2n) is 13.4. The average Bonchev–Trinajstić information content (AvgIpc) is 2.96. The number of rotatable bonds is 5. The zero-order chi connectivity index (χ0) is 20.4. The maximum Gasteiger partial charge on any atom is 0.0183 e. The summed E-state index contributed by atoms with van der Waals surface area (Å²) in [5, 5.41) is 0. The Hall–Kier alpha value is -0.0800. The van der Waals surface area contributed by atoms with Crippen LogP contribution in [0, 0.1) is 22.7 Å². The maximum atomic E-state index is 2.86. The van der Waals surface area contributed by atoms with Crippen molar-refractivity contribution in [2.75, 3.05) is 13.1 Å². The number of fused-ring (bicyclic) bond motifs is 1. The first-order valence-electron chi connectivity index (χ1n) is 11.7. The van der Waals surface area contributed by atoms with Gasteiger partial charge in [0.25, 0.3) is 0 Å². The highest BCUT2D eigenvalue weighted by Crippen LogP contribution is 2.57. The zero-order valence-electron chi connectivity index (χ0n) is 20.2. The van der Waals surface area contributed by atoms with Gasteiger partial charge in [-0.25, -0.2) is 0 Å². The summed E-state index contributed by atoms with van der Waals surface area (Å²) in [6.45, 7) is 27.4. The Morgan fingerprint density at radius 1 is 0.815 bits per heavy atom. The Morgan fingerprint density at radius 2 is 1.44 bits per heavy atom. The molecular weight excluding hydrogens is 328 g/mol. The molecule has 3 fully saturated rings. The lowest BCUT2D eigenvalue weighted by Crippen LogP contribution is -2.54. The fraction of sp³-hybridized carbons (Fsp3) is 1.00. The Kier molecular flexibility index (Phi) is 5.39. The minimum atomic E-state index is 0.303. The van der Waals surface area contributed by atoms with Crippen LogP contribution in [0.3, 0.4) is 0 Å². The SMILES string of the molecule is CC(C)(C)C1CCCN1C(C)(C)CCC(C)(C)C1C2CC2CN1C(C)(C)C. The van der Waals surface area contributed by atoms with Crippen molar-refractivity contribution in [2.45, 2.75) is 125 Å². The van der Waals surface area contributed by atoms with Crippen molar-refractivity contribution >= 4 is 0 Å². The standard InChI is InChI=1S/C25H48N2/c1-22(2,3)20-12-11-15-26(20)25(9,10)14-13-24(7,8)21-19-16-18(19)17-27(21)23(4,5)6/h18-21H,11-17H2,1-10H3. The lowest BCUT2D eigenvalue weighted by Gasteiger charge is -2.49. The number of likely N-dealkylation sites (tertiary alicyclic amines) is 2. The fourth-order valence-corrected chi connectivity index (χ4v) is 6.47. The highest BCUT2D eigenvalue weighted by molar-refractivity contribution is 5.11. The molecule has 158 valence electrons. The largest absolute Gasteiger partial charge is 0.295 e. The summed E-state index contributed by atoms with van der Waals surface area (Å²) in [7, 11) is 0. The van der Waals surface area contributed by atoms with E-state index in [4.69, 9.17) is 0 Å². The van der Waals surface area contributed by atoms with Crippen LogP contribution >= 0.6 is 0 Å². The quantitative estimate of drug-likeness (QED) is 0.563. The molecule has 2 saturated heterocycles. The van der Waals surface area contributed by atoms with Gasteiger partial charge >= 0.3 is 0 Å². The normalized spacial score (nSPS) is 33.6. The minimum absolute atomic E-state index is 0.303. The smallest absolute Gasteiger partial charge is 0.0183 e. The van der Waals surface area contributed by atoms with Gasteiger partial charge < -0.3 is 0 Å². The summed E-state index contributed by atoms with van der Waals surface area (Å²) in [5.41, 5.74) is 1.40. The molecule has 2 nitrogen and oxygen atoms in total. The van der Waals surface area contributed by atoms with Gasteiger partial charge in [-0.2, -0.15) is 0 Å². The van der Waals surface area contributed by atoms with E-state index in [1.807, 2.05) is 0 Å². The van der Waals surface area contributed by atoms with E-state index in [2.05, 4.69) is 79.0 Å². The average molecular weight is 377 g/mol. The van der Waals surface area contributed by atoms with Gasteiger partial charge in [0.05, 0.1) is 0 Å². The summed E-state index contributed by atoms with van der Waals surface area (Å²) in [4.78, 5) is 5.71. The third-order valence-electron chi connectivity index (χ3n) is 8.22. The summed E-state index contributed by atoms with van der Waals surface area (Å²) >= 11 is 0. The van der Waals surface area contributed by atoms with Crippen LogP contribution in [-0.4, -0.2) is 46.1 Å². The molecule has 2 aliphatic heterocycles. The van der Waals surface area contributed by atoms with Crippen molar-refractivity contribution in [3.8, 4) is 0 Å². The molecule has 2 heteroatoms. The van der Waals surface area contributed by atoms with Crippen LogP contribution in [0.2, 0.25) is 0 Å². The second-order valence-corrected chi connectivity index (χ2v) is 13.4. The molecule has 3 rings (SSSR count). The summed E-state index contributed by atoms with van der Waals surface area (Å²) in [6, 6.07) is 1.51. The molecule has 2 heterocycles. The Morgan fingerprint density at radius 3 is 2.00 bits per heavy atom. The molecule has 3 aliphatic rings. The van der Waals surface area contributed by atoms with E-state index >= 15 is 0 Å². The molecule has 1 aliphatic carbocycles. The van der Waals surface area contributed by atoms with E-state index in [0.29, 0.717) is 21.9 Å². The van der Waals surface area contributed by atoms with Crippen LogP contribution in [0.25, 0.3) is 0 Å². The molecule has 0 aromatic rings. The third kappa shape index (κ3) is 4.27. The van der Waals surface area contributed by atoms with Gasteiger partial charge in [0.1, 0.15) is 0 Å². The summed E-state index contributed by atoms with van der Waals surface area (Å²) < 4.78 is 0. The molecule has 1 saturated carbocycles. The molecule has 0 bridgehead atoms. The number of hydrogen-bond acceptors (Lipinski definition) is 2. The molecule has 0 spiro atoms. The van der Waals surface area contributed by atoms with E-state index in [0.717, 1.165) is 23.9 Å². The topological polar surface area (TPSA) is 6.48 Å². The Balaban J connectivity index is 1.69. The first-order chi connectivity index (χ1) is 12.1. The third-order valence-corrected chi connectivity index (χ3v) is 8.22. The monoisotopic (exact) mass is 376 g/mol. The van der Waals surface area contributed by atoms with Gasteiger partial charge in [0.15, 0.2) is 0 Å².